The molecular formula is C11H16ClNO. The number of nitrogens with zero attached hydrogens (tertiary/aromatic N) is 1. The first-order valence-corrected chi connectivity index (χ1v) is 4.48. The summed E-state index contributed by atoms with van der Waals surface area (Å²) in [7, 11) is 0. The highest BCUT2D eigenvalue weighted by Crippen LogP contribution is 1.98. The van der Waals surface area contributed by atoms with Crippen molar-refractivity contribution in [2.45, 2.75) is 20.6 Å². The summed E-state index contributed by atoms with van der Waals surface area (Å²) >= 11 is 0. The summed E-state index contributed by atoms with van der Waals surface area (Å²) in [5.74, 6) is 0. The first kappa shape index (κ1) is 13.1. The molecule has 1 aromatic heterocycles. The fraction of sp³-hybridized carbons (Fsp3) is 0.364. The van der Waals surface area contributed by atoms with Gasteiger partial charge in [0.15, 0.2) is 11.9 Å². The third-order valence-electron chi connectivity index (χ3n) is 1.95. The van der Waals surface area contributed by atoms with Gasteiger partial charge in [-0.2, -0.15) is 4.57 Å². The lowest BCUT2D eigenvalue weighted by Crippen LogP contribution is -3.00. The van der Waals surface area contributed by atoms with Crippen LogP contribution in [0, 0.1) is 6.92 Å². The Balaban J connectivity index is 0.00000169. The minimum absolute atomic E-state index is 0. The molecule has 1 rings (SSSR count). The molecule has 0 aliphatic rings. The zero-order chi connectivity index (χ0) is 9.68. The van der Waals surface area contributed by atoms with Gasteiger partial charge in [-0.15, -0.1) is 0 Å². The molecule has 14 heavy (non-hydrogen) atoms. The van der Waals surface area contributed by atoms with Crippen molar-refractivity contribution >= 4 is 6.08 Å². The largest absolute Gasteiger partial charge is 1.00 e. The predicted octanol–water partition coefficient (Wildman–Crippen LogP) is -1.08. The highest BCUT2D eigenvalue weighted by Gasteiger charge is 2.05. The highest BCUT2D eigenvalue weighted by molar-refractivity contribution is 5.43. The maximum absolute atomic E-state index is 5.33. The molecule has 3 heteroatoms. The van der Waals surface area contributed by atoms with E-state index < -0.39 is 0 Å². The molecule has 0 saturated carbocycles. The minimum Gasteiger partial charge on any atom is -1.00 e. The van der Waals surface area contributed by atoms with Crippen molar-refractivity contribution in [1.82, 2.24) is 0 Å². The SMILES string of the molecule is C=Cc1ccc(C)[n+](COCC)c1.[Cl-]. The third-order valence-corrected chi connectivity index (χ3v) is 1.95. The fourth-order valence-electron chi connectivity index (χ4n) is 1.09. The third kappa shape index (κ3) is 3.48. The minimum atomic E-state index is 0. The van der Waals surface area contributed by atoms with E-state index in [0.717, 1.165) is 12.2 Å². The van der Waals surface area contributed by atoms with Crippen molar-refractivity contribution in [3.05, 3.63) is 36.2 Å². The zero-order valence-corrected chi connectivity index (χ0v) is 9.42. The topological polar surface area (TPSA) is 13.1 Å². The lowest BCUT2D eigenvalue weighted by molar-refractivity contribution is -0.737. The van der Waals surface area contributed by atoms with Gasteiger partial charge >= 0.3 is 0 Å². The lowest BCUT2D eigenvalue weighted by Gasteiger charge is -2.00. The number of halogens is 1. The molecule has 0 saturated heterocycles. The first-order chi connectivity index (χ1) is 6.27. The second-order valence-electron chi connectivity index (χ2n) is 2.90. The molecule has 1 aromatic rings. The van der Waals surface area contributed by atoms with Crippen LogP contribution in [0.4, 0.5) is 0 Å². The molecule has 0 atom stereocenters. The van der Waals surface area contributed by atoms with Crippen LogP contribution >= 0.6 is 0 Å². The summed E-state index contributed by atoms with van der Waals surface area (Å²) in [6.45, 7) is 9.14. The maximum atomic E-state index is 5.33. The van der Waals surface area contributed by atoms with E-state index in [4.69, 9.17) is 4.74 Å². The first-order valence-electron chi connectivity index (χ1n) is 4.48. The summed E-state index contributed by atoms with van der Waals surface area (Å²) < 4.78 is 7.40. The molecule has 2 nitrogen and oxygen atoms in total. The van der Waals surface area contributed by atoms with Crippen LogP contribution in [0.15, 0.2) is 24.9 Å². The van der Waals surface area contributed by atoms with Crippen LogP contribution in [0.3, 0.4) is 0 Å². The van der Waals surface area contributed by atoms with Crippen molar-refractivity contribution in [2.75, 3.05) is 6.61 Å². The molecule has 0 spiro atoms. The molecule has 78 valence electrons. The van der Waals surface area contributed by atoms with E-state index in [2.05, 4.69) is 24.1 Å². The summed E-state index contributed by atoms with van der Waals surface area (Å²) in [6, 6.07) is 4.11. The van der Waals surface area contributed by atoms with Crippen molar-refractivity contribution < 1.29 is 21.7 Å². The van der Waals surface area contributed by atoms with Crippen molar-refractivity contribution in [3.8, 4) is 0 Å². The molecule has 0 N–H and O–H groups in total. The average Bonchev–Trinajstić information content (AvgIpc) is 2.17. The molecule has 0 amide bonds. The Bertz CT molecular complexity index is 299. The zero-order valence-electron chi connectivity index (χ0n) is 8.66. The Morgan fingerprint density at radius 3 is 2.79 bits per heavy atom. The van der Waals surface area contributed by atoms with Gasteiger partial charge in [-0.25, -0.2) is 0 Å². The monoisotopic (exact) mass is 213 g/mol. The van der Waals surface area contributed by atoms with Crippen LogP contribution in [-0.4, -0.2) is 6.61 Å². The fourth-order valence-corrected chi connectivity index (χ4v) is 1.09. The summed E-state index contributed by atoms with van der Waals surface area (Å²) in [5, 5.41) is 0. The second-order valence-corrected chi connectivity index (χ2v) is 2.90. The molecular weight excluding hydrogens is 198 g/mol. The van der Waals surface area contributed by atoms with E-state index >= 15 is 0 Å². The number of hydrogen-bond acceptors (Lipinski definition) is 1. The van der Waals surface area contributed by atoms with Gasteiger partial charge in [0, 0.05) is 18.6 Å². The van der Waals surface area contributed by atoms with Gasteiger partial charge in [-0.3, -0.25) is 0 Å². The Kier molecular flexibility index (Phi) is 6.17. The van der Waals surface area contributed by atoms with Gasteiger partial charge in [0.05, 0.1) is 6.61 Å². The lowest BCUT2D eigenvalue weighted by atomic mass is 10.2. The van der Waals surface area contributed by atoms with E-state index in [-0.39, 0.29) is 12.4 Å². The quantitative estimate of drug-likeness (QED) is 0.581. The van der Waals surface area contributed by atoms with Crippen molar-refractivity contribution in [1.29, 1.82) is 0 Å². The van der Waals surface area contributed by atoms with Gasteiger partial charge in [-0.05, 0) is 13.0 Å². The Morgan fingerprint density at radius 1 is 1.50 bits per heavy atom. The normalized spacial score (nSPS) is 9.29. The molecule has 0 aliphatic heterocycles. The van der Waals surface area contributed by atoms with Crippen LogP contribution in [-0.2, 0) is 11.5 Å². The van der Waals surface area contributed by atoms with E-state index in [0.29, 0.717) is 6.73 Å². The van der Waals surface area contributed by atoms with Crippen LogP contribution in [0.5, 0.6) is 0 Å². The summed E-state index contributed by atoms with van der Waals surface area (Å²) in [4.78, 5) is 0. The Labute approximate surface area is 91.6 Å². The Hall–Kier alpha value is -0.860. The molecule has 0 radical (unpaired) electrons. The molecule has 0 aliphatic carbocycles. The summed E-state index contributed by atoms with van der Waals surface area (Å²) in [6.07, 6.45) is 3.87. The van der Waals surface area contributed by atoms with Crippen LogP contribution in [0.2, 0.25) is 0 Å². The summed E-state index contributed by atoms with van der Waals surface area (Å²) in [5.41, 5.74) is 2.31. The van der Waals surface area contributed by atoms with Gasteiger partial charge in [-0.1, -0.05) is 12.7 Å². The molecule has 0 bridgehead atoms. The number of hydrogen-bond donors (Lipinski definition) is 0. The van der Waals surface area contributed by atoms with E-state index in [1.54, 1.807) is 0 Å². The molecule has 0 aromatic carbocycles. The molecule has 0 fully saturated rings. The number of aryl methyl sites for hydroxylation is 1. The van der Waals surface area contributed by atoms with E-state index in [9.17, 15) is 0 Å². The van der Waals surface area contributed by atoms with Crippen LogP contribution in [0.1, 0.15) is 18.2 Å². The van der Waals surface area contributed by atoms with E-state index in [1.165, 1.54) is 5.69 Å². The standard InChI is InChI=1S/C11H16NO.ClH/c1-4-11-7-6-10(3)12(8-11)9-13-5-2;/h4,6-8H,1,5,9H2,2-3H3;1H/q+1;/p-1. The smallest absolute Gasteiger partial charge is 0.252 e. The number of aromatic nitrogens is 1. The molecule has 0 unspecified atom stereocenters. The van der Waals surface area contributed by atoms with Gasteiger partial charge in [0.2, 0.25) is 0 Å². The van der Waals surface area contributed by atoms with Gasteiger partial charge < -0.3 is 17.1 Å². The highest BCUT2D eigenvalue weighted by atomic mass is 35.5. The number of ether oxygens (including phenoxy) is 1. The van der Waals surface area contributed by atoms with Gasteiger partial charge in [0.1, 0.15) is 0 Å². The van der Waals surface area contributed by atoms with Crippen molar-refractivity contribution in [3.63, 3.8) is 0 Å². The maximum Gasteiger partial charge on any atom is 0.252 e. The van der Waals surface area contributed by atoms with Crippen LogP contribution in [0.25, 0.3) is 6.08 Å². The van der Waals surface area contributed by atoms with Crippen molar-refractivity contribution in [2.24, 2.45) is 0 Å². The predicted molar refractivity (Wildman–Crippen MR) is 53.1 cm³/mol. The number of pyridine rings is 1. The van der Waals surface area contributed by atoms with E-state index in [1.807, 2.05) is 25.3 Å². The average molecular weight is 214 g/mol. The van der Waals surface area contributed by atoms with Crippen LogP contribution < -0.4 is 17.0 Å². The molecule has 1 heterocycles. The second kappa shape index (κ2) is 6.57. The number of rotatable bonds is 4. The Morgan fingerprint density at radius 2 is 2.21 bits per heavy atom. The van der Waals surface area contributed by atoms with Gasteiger partial charge in [0.25, 0.3) is 6.73 Å².